The minimum Gasteiger partial charge on any atom is -0.490 e. The predicted molar refractivity (Wildman–Crippen MR) is 98.6 cm³/mol. The molecule has 0 aliphatic heterocycles. The van der Waals surface area contributed by atoms with E-state index < -0.39 is 0 Å². The normalized spacial score (nSPS) is 20.7. The molecule has 130 valence electrons. The smallest absolute Gasteiger partial charge is 0.123 e. The van der Waals surface area contributed by atoms with Gasteiger partial charge in [-0.05, 0) is 56.4 Å². The van der Waals surface area contributed by atoms with Gasteiger partial charge in [0.05, 0.1) is 11.7 Å². The Bertz CT molecular complexity index is 830. The second-order valence-corrected chi connectivity index (χ2v) is 6.87. The summed E-state index contributed by atoms with van der Waals surface area (Å²) in [7, 11) is 0. The molecule has 1 aromatic carbocycles. The van der Waals surface area contributed by atoms with E-state index in [1.165, 1.54) is 18.4 Å². The molecule has 2 atom stereocenters. The molecule has 0 bridgehead atoms. The lowest BCUT2D eigenvalue weighted by atomic mass is 9.92. The second kappa shape index (κ2) is 7.23. The SMILES string of the molecule is Cc1c(O[C@@H]2CCC[C@H](NCc3cccnc3)C2)ccc2[nH]ncc12. The van der Waals surface area contributed by atoms with Crippen molar-refractivity contribution in [1.82, 2.24) is 20.5 Å². The highest BCUT2D eigenvalue weighted by molar-refractivity contribution is 5.83. The van der Waals surface area contributed by atoms with Gasteiger partial charge in [0.1, 0.15) is 11.9 Å². The summed E-state index contributed by atoms with van der Waals surface area (Å²) in [5.74, 6) is 0.979. The first-order valence-electron chi connectivity index (χ1n) is 9.01. The van der Waals surface area contributed by atoms with Crippen molar-refractivity contribution in [2.24, 2.45) is 0 Å². The van der Waals surface area contributed by atoms with E-state index in [-0.39, 0.29) is 6.10 Å². The molecule has 1 aliphatic rings. The van der Waals surface area contributed by atoms with Gasteiger partial charge in [-0.15, -0.1) is 0 Å². The average molecular weight is 336 g/mol. The van der Waals surface area contributed by atoms with E-state index in [0.29, 0.717) is 6.04 Å². The number of benzene rings is 1. The Labute approximate surface area is 147 Å². The Morgan fingerprint density at radius 1 is 1.24 bits per heavy atom. The Morgan fingerprint density at radius 3 is 3.08 bits per heavy atom. The summed E-state index contributed by atoms with van der Waals surface area (Å²) in [6.45, 7) is 2.97. The van der Waals surface area contributed by atoms with Crippen LogP contribution in [0.15, 0.2) is 42.9 Å². The molecule has 1 saturated carbocycles. The number of hydrogen-bond donors (Lipinski definition) is 2. The van der Waals surface area contributed by atoms with E-state index in [2.05, 4.69) is 39.6 Å². The summed E-state index contributed by atoms with van der Waals surface area (Å²) in [5, 5.41) is 11.9. The van der Waals surface area contributed by atoms with Crippen molar-refractivity contribution in [3.8, 4) is 5.75 Å². The third-order valence-corrected chi connectivity index (χ3v) is 5.08. The number of H-pyrrole nitrogens is 1. The number of pyridine rings is 1. The number of hydrogen-bond acceptors (Lipinski definition) is 4. The maximum absolute atomic E-state index is 6.35. The quantitative estimate of drug-likeness (QED) is 0.745. The van der Waals surface area contributed by atoms with Crippen LogP contribution < -0.4 is 10.1 Å². The second-order valence-electron chi connectivity index (χ2n) is 6.87. The fourth-order valence-corrected chi connectivity index (χ4v) is 3.65. The topological polar surface area (TPSA) is 62.8 Å². The summed E-state index contributed by atoms with van der Waals surface area (Å²) < 4.78 is 6.35. The van der Waals surface area contributed by atoms with Gasteiger partial charge < -0.3 is 10.1 Å². The minimum absolute atomic E-state index is 0.267. The van der Waals surface area contributed by atoms with Crippen LogP contribution in [-0.2, 0) is 6.54 Å². The summed E-state index contributed by atoms with van der Waals surface area (Å²) in [6, 6.07) is 8.70. The number of aryl methyl sites for hydroxylation is 1. The van der Waals surface area contributed by atoms with E-state index >= 15 is 0 Å². The lowest BCUT2D eigenvalue weighted by Gasteiger charge is -2.30. The van der Waals surface area contributed by atoms with Crippen molar-refractivity contribution < 1.29 is 4.74 Å². The number of aromatic nitrogens is 3. The van der Waals surface area contributed by atoms with Gasteiger partial charge in [0, 0.05) is 35.9 Å². The zero-order valence-electron chi connectivity index (χ0n) is 14.5. The molecule has 5 nitrogen and oxygen atoms in total. The molecular weight excluding hydrogens is 312 g/mol. The van der Waals surface area contributed by atoms with Gasteiger partial charge in [-0.25, -0.2) is 0 Å². The van der Waals surface area contributed by atoms with Crippen molar-refractivity contribution in [2.45, 2.75) is 51.3 Å². The largest absolute Gasteiger partial charge is 0.490 e. The number of nitrogens with one attached hydrogen (secondary N) is 2. The molecule has 4 rings (SSSR count). The fourth-order valence-electron chi connectivity index (χ4n) is 3.65. The van der Waals surface area contributed by atoms with E-state index in [9.17, 15) is 0 Å². The Hall–Kier alpha value is -2.40. The van der Waals surface area contributed by atoms with Crippen LogP contribution in [0.1, 0.15) is 36.8 Å². The highest BCUT2D eigenvalue weighted by Crippen LogP contribution is 2.30. The number of rotatable bonds is 5. The maximum atomic E-state index is 6.35. The van der Waals surface area contributed by atoms with Gasteiger partial charge in [0.25, 0.3) is 0 Å². The maximum Gasteiger partial charge on any atom is 0.123 e. The molecular formula is C20H24N4O. The molecule has 1 fully saturated rings. The molecule has 1 aliphatic carbocycles. The van der Waals surface area contributed by atoms with E-state index in [1.807, 2.05) is 30.7 Å². The number of ether oxygens (including phenoxy) is 1. The first-order chi connectivity index (χ1) is 12.3. The van der Waals surface area contributed by atoms with Crippen molar-refractivity contribution in [1.29, 1.82) is 0 Å². The van der Waals surface area contributed by atoms with E-state index in [0.717, 1.165) is 41.6 Å². The third kappa shape index (κ3) is 3.66. The molecule has 0 radical (unpaired) electrons. The summed E-state index contributed by atoms with van der Waals surface area (Å²) in [4.78, 5) is 4.18. The zero-order chi connectivity index (χ0) is 17.1. The van der Waals surface area contributed by atoms with Crippen LogP contribution in [0.3, 0.4) is 0 Å². The molecule has 5 heteroatoms. The van der Waals surface area contributed by atoms with Crippen molar-refractivity contribution in [3.05, 3.63) is 54.0 Å². The van der Waals surface area contributed by atoms with Crippen LogP contribution in [0.4, 0.5) is 0 Å². The molecule has 0 spiro atoms. The highest BCUT2D eigenvalue weighted by atomic mass is 16.5. The van der Waals surface area contributed by atoms with Gasteiger partial charge in [-0.3, -0.25) is 10.1 Å². The minimum atomic E-state index is 0.267. The monoisotopic (exact) mass is 336 g/mol. The van der Waals surface area contributed by atoms with Gasteiger partial charge in [-0.2, -0.15) is 5.10 Å². The first kappa shape index (κ1) is 16.1. The van der Waals surface area contributed by atoms with E-state index in [4.69, 9.17) is 4.74 Å². The van der Waals surface area contributed by atoms with Crippen molar-refractivity contribution >= 4 is 10.9 Å². The van der Waals surface area contributed by atoms with Gasteiger partial charge in [-0.1, -0.05) is 6.07 Å². The zero-order valence-corrected chi connectivity index (χ0v) is 14.5. The van der Waals surface area contributed by atoms with Gasteiger partial charge in [0.2, 0.25) is 0 Å². The van der Waals surface area contributed by atoms with Crippen LogP contribution in [0.2, 0.25) is 0 Å². The number of fused-ring (bicyclic) bond motifs is 1. The number of nitrogens with zero attached hydrogens (tertiary/aromatic N) is 2. The first-order valence-corrected chi connectivity index (χ1v) is 9.01. The van der Waals surface area contributed by atoms with Crippen LogP contribution in [0.25, 0.3) is 10.9 Å². The Balaban J connectivity index is 1.38. The molecule has 2 aromatic heterocycles. The molecule has 0 saturated heterocycles. The summed E-state index contributed by atoms with van der Waals surface area (Å²) in [5.41, 5.74) is 3.45. The Morgan fingerprint density at radius 2 is 2.20 bits per heavy atom. The summed E-state index contributed by atoms with van der Waals surface area (Å²) in [6.07, 6.45) is 10.4. The molecule has 3 aromatic rings. The molecule has 0 amide bonds. The average Bonchev–Trinajstić information content (AvgIpc) is 3.13. The molecule has 2 N–H and O–H groups in total. The fraction of sp³-hybridized carbons (Fsp3) is 0.400. The number of aromatic amines is 1. The standard InChI is InChI=1S/C20H24N4O/c1-14-18-13-23-24-19(18)7-8-20(14)25-17-6-2-5-16(10-17)22-12-15-4-3-9-21-11-15/h3-4,7-9,11,13,16-17,22H,2,5-6,10,12H2,1H3,(H,23,24)/t16-,17+/m0/s1. The summed E-state index contributed by atoms with van der Waals surface area (Å²) >= 11 is 0. The predicted octanol–water partition coefficient (Wildman–Crippen LogP) is 3.75. The van der Waals surface area contributed by atoms with Crippen LogP contribution in [0, 0.1) is 6.92 Å². The van der Waals surface area contributed by atoms with Gasteiger partial charge >= 0.3 is 0 Å². The van der Waals surface area contributed by atoms with E-state index in [1.54, 1.807) is 0 Å². The van der Waals surface area contributed by atoms with Crippen molar-refractivity contribution in [2.75, 3.05) is 0 Å². The lowest BCUT2D eigenvalue weighted by molar-refractivity contribution is 0.133. The van der Waals surface area contributed by atoms with Crippen LogP contribution >= 0.6 is 0 Å². The molecule has 25 heavy (non-hydrogen) atoms. The Kier molecular flexibility index (Phi) is 4.65. The third-order valence-electron chi connectivity index (χ3n) is 5.08. The van der Waals surface area contributed by atoms with Crippen LogP contribution in [0.5, 0.6) is 5.75 Å². The molecule has 2 heterocycles. The van der Waals surface area contributed by atoms with Crippen LogP contribution in [-0.4, -0.2) is 27.3 Å². The highest BCUT2D eigenvalue weighted by Gasteiger charge is 2.23. The lowest BCUT2D eigenvalue weighted by Crippen LogP contribution is -2.37. The van der Waals surface area contributed by atoms with Gasteiger partial charge in [0.15, 0.2) is 0 Å². The van der Waals surface area contributed by atoms with Crippen molar-refractivity contribution in [3.63, 3.8) is 0 Å². The molecule has 0 unspecified atom stereocenters.